The predicted octanol–water partition coefficient (Wildman–Crippen LogP) is 0.773. The Kier molecular flexibility index (Phi) is 4.49. The highest BCUT2D eigenvalue weighted by Gasteiger charge is 2.15. The molecule has 0 saturated carbocycles. The van der Waals surface area contributed by atoms with Crippen molar-refractivity contribution in [1.82, 2.24) is 0 Å². The lowest BCUT2D eigenvalue weighted by Crippen LogP contribution is -2.34. The zero-order valence-corrected chi connectivity index (χ0v) is 8.44. The number of nitrogens with two attached hydrogens (primary N) is 1. The van der Waals surface area contributed by atoms with Crippen LogP contribution in [-0.2, 0) is 4.65 Å². The predicted molar refractivity (Wildman–Crippen MR) is 59.3 cm³/mol. The molecular formula is C10H16BNO2. The van der Waals surface area contributed by atoms with Gasteiger partial charge in [-0.25, -0.2) is 0 Å². The van der Waals surface area contributed by atoms with E-state index in [-0.39, 0.29) is 0 Å². The van der Waals surface area contributed by atoms with Crippen molar-refractivity contribution in [1.29, 1.82) is 0 Å². The Morgan fingerprint density at radius 1 is 1.50 bits per heavy atom. The molecule has 1 aromatic carbocycles. The zero-order valence-electron chi connectivity index (χ0n) is 8.44. The first kappa shape index (κ1) is 11.1. The number of rotatable bonds is 5. The summed E-state index contributed by atoms with van der Waals surface area (Å²) in [6, 6.07) is 7.10. The molecule has 0 spiro atoms. The van der Waals surface area contributed by atoms with Crippen LogP contribution in [0.5, 0.6) is 0 Å². The van der Waals surface area contributed by atoms with E-state index in [1.807, 2.05) is 0 Å². The fourth-order valence-electron chi connectivity index (χ4n) is 1.15. The van der Waals surface area contributed by atoms with Crippen molar-refractivity contribution < 1.29 is 9.68 Å². The Labute approximate surface area is 85.0 Å². The third-order valence-electron chi connectivity index (χ3n) is 1.97. The van der Waals surface area contributed by atoms with Crippen LogP contribution < -0.4 is 11.2 Å². The fourth-order valence-corrected chi connectivity index (χ4v) is 1.15. The normalized spacial score (nSPS) is 10.1. The highest BCUT2D eigenvalue weighted by molar-refractivity contribution is 6.60. The van der Waals surface area contributed by atoms with E-state index in [4.69, 9.17) is 10.4 Å². The number of nitrogen functional groups attached to an aromatic ring is 1. The Balaban J connectivity index is 2.47. The lowest BCUT2D eigenvalue weighted by molar-refractivity contribution is 0.264. The summed E-state index contributed by atoms with van der Waals surface area (Å²) >= 11 is 0. The molecule has 0 atom stereocenters. The highest BCUT2D eigenvalue weighted by Crippen LogP contribution is 1.98. The van der Waals surface area contributed by atoms with Crippen LogP contribution in [0.15, 0.2) is 24.3 Å². The molecule has 0 unspecified atom stereocenters. The monoisotopic (exact) mass is 193 g/mol. The summed E-state index contributed by atoms with van der Waals surface area (Å²) in [7, 11) is -0.856. The van der Waals surface area contributed by atoms with Gasteiger partial charge in [0, 0.05) is 12.3 Å². The van der Waals surface area contributed by atoms with Gasteiger partial charge in [0.1, 0.15) is 0 Å². The van der Waals surface area contributed by atoms with Crippen LogP contribution in [0.3, 0.4) is 0 Å². The van der Waals surface area contributed by atoms with Gasteiger partial charge in [-0.15, -0.1) is 0 Å². The summed E-state index contributed by atoms with van der Waals surface area (Å²) in [5, 5.41) is 9.59. The van der Waals surface area contributed by atoms with Crippen LogP contribution in [0.2, 0.25) is 0 Å². The van der Waals surface area contributed by atoms with Crippen molar-refractivity contribution in [2.45, 2.75) is 19.8 Å². The maximum Gasteiger partial charge on any atom is 0.491 e. The maximum absolute atomic E-state index is 9.59. The van der Waals surface area contributed by atoms with Gasteiger partial charge < -0.3 is 15.4 Å². The molecule has 1 rings (SSSR count). The molecule has 0 aliphatic rings. The average molecular weight is 193 g/mol. The van der Waals surface area contributed by atoms with Gasteiger partial charge >= 0.3 is 7.12 Å². The Morgan fingerprint density at radius 3 is 2.93 bits per heavy atom. The molecule has 0 fully saturated rings. The average Bonchev–Trinajstić information content (AvgIpc) is 2.18. The van der Waals surface area contributed by atoms with Crippen LogP contribution in [0.25, 0.3) is 0 Å². The Hall–Kier alpha value is -0.995. The van der Waals surface area contributed by atoms with Crippen molar-refractivity contribution in [3.05, 3.63) is 24.3 Å². The van der Waals surface area contributed by atoms with E-state index in [1.54, 1.807) is 24.3 Å². The minimum atomic E-state index is -0.856. The topological polar surface area (TPSA) is 55.5 Å². The third kappa shape index (κ3) is 3.40. The largest absolute Gasteiger partial charge is 0.491 e. The van der Waals surface area contributed by atoms with E-state index in [9.17, 15) is 5.02 Å². The van der Waals surface area contributed by atoms with Crippen LogP contribution >= 0.6 is 0 Å². The summed E-state index contributed by atoms with van der Waals surface area (Å²) in [4.78, 5) is 0. The molecule has 3 N–H and O–H groups in total. The number of anilines is 1. The van der Waals surface area contributed by atoms with Gasteiger partial charge in [0.25, 0.3) is 0 Å². The molecule has 1 aromatic rings. The van der Waals surface area contributed by atoms with Gasteiger partial charge in [-0.05, 0) is 24.0 Å². The standard InChI is InChI=1S/C10H16BNO2/c1-2-3-7-14-11(13)9-5-4-6-10(12)8-9/h4-6,8,13H,2-3,7,12H2,1H3. The van der Waals surface area contributed by atoms with Gasteiger partial charge in [-0.3, -0.25) is 0 Å². The van der Waals surface area contributed by atoms with Gasteiger partial charge in [-0.1, -0.05) is 25.5 Å². The first-order chi connectivity index (χ1) is 6.74. The second-order valence-electron chi connectivity index (χ2n) is 3.25. The maximum atomic E-state index is 9.59. The smallest absolute Gasteiger partial charge is 0.423 e. The van der Waals surface area contributed by atoms with Crippen molar-refractivity contribution in [2.24, 2.45) is 0 Å². The van der Waals surface area contributed by atoms with Crippen molar-refractivity contribution in [3.63, 3.8) is 0 Å². The summed E-state index contributed by atoms with van der Waals surface area (Å²) in [5.74, 6) is 0. The van der Waals surface area contributed by atoms with Gasteiger partial charge in [-0.2, -0.15) is 0 Å². The van der Waals surface area contributed by atoms with Crippen LogP contribution in [0.4, 0.5) is 5.69 Å². The van der Waals surface area contributed by atoms with E-state index < -0.39 is 7.12 Å². The Morgan fingerprint density at radius 2 is 2.29 bits per heavy atom. The summed E-state index contributed by atoms with van der Waals surface area (Å²) < 4.78 is 5.22. The van der Waals surface area contributed by atoms with Crippen LogP contribution in [0, 0.1) is 0 Å². The number of benzene rings is 1. The summed E-state index contributed by atoms with van der Waals surface area (Å²) in [6.07, 6.45) is 2.02. The molecule has 0 aromatic heterocycles. The molecule has 0 amide bonds. The van der Waals surface area contributed by atoms with Crippen LogP contribution in [0.1, 0.15) is 19.8 Å². The summed E-state index contributed by atoms with van der Waals surface area (Å²) in [6.45, 7) is 2.66. The lowest BCUT2D eigenvalue weighted by atomic mass is 9.79. The zero-order chi connectivity index (χ0) is 10.4. The molecule has 0 radical (unpaired) electrons. The molecule has 0 bridgehead atoms. The molecule has 0 saturated heterocycles. The van der Waals surface area contributed by atoms with E-state index in [0.717, 1.165) is 12.8 Å². The Bertz CT molecular complexity index is 281. The SMILES string of the molecule is CCCCOB(O)c1cccc(N)c1. The third-order valence-corrected chi connectivity index (χ3v) is 1.97. The van der Waals surface area contributed by atoms with Crippen molar-refractivity contribution >= 4 is 18.3 Å². The molecule has 3 nitrogen and oxygen atoms in total. The van der Waals surface area contributed by atoms with Gasteiger partial charge in [0.15, 0.2) is 0 Å². The molecule has 0 aliphatic heterocycles. The minimum absolute atomic E-state index is 0.576. The van der Waals surface area contributed by atoms with Crippen molar-refractivity contribution in [2.75, 3.05) is 12.3 Å². The summed E-state index contributed by atoms with van der Waals surface area (Å²) in [5.41, 5.74) is 6.93. The van der Waals surface area contributed by atoms with E-state index in [1.165, 1.54) is 0 Å². The van der Waals surface area contributed by atoms with Gasteiger partial charge in [0.2, 0.25) is 0 Å². The molecule has 14 heavy (non-hydrogen) atoms. The second kappa shape index (κ2) is 5.68. The molecule has 0 aliphatic carbocycles. The van der Waals surface area contributed by atoms with Crippen molar-refractivity contribution in [3.8, 4) is 0 Å². The number of hydrogen-bond acceptors (Lipinski definition) is 3. The fraction of sp³-hybridized carbons (Fsp3) is 0.400. The molecule has 4 heteroatoms. The molecule has 76 valence electrons. The van der Waals surface area contributed by atoms with E-state index in [2.05, 4.69) is 6.92 Å². The first-order valence-electron chi connectivity index (χ1n) is 4.89. The molecular weight excluding hydrogens is 177 g/mol. The van der Waals surface area contributed by atoms with Gasteiger partial charge in [0.05, 0.1) is 0 Å². The molecule has 0 heterocycles. The quantitative estimate of drug-likeness (QED) is 0.412. The van der Waals surface area contributed by atoms with E-state index in [0.29, 0.717) is 17.8 Å². The number of hydrogen-bond donors (Lipinski definition) is 2. The lowest BCUT2D eigenvalue weighted by Gasteiger charge is -2.07. The second-order valence-corrected chi connectivity index (χ2v) is 3.25. The minimum Gasteiger partial charge on any atom is -0.423 e. The van der Waals surface area contributed by atoms with Crippen LogP contribution in [-0.4, -0.2) is 18.7 Å². The number of unbranched alkanes of at least 4 members (excludes halogenated alkanes) is 1. The highest BCUT2D eigenvalue weighted by atomic mass is 16.5. The first-order valence-corrected chi connectivity index (χ1v) is 4.89. The van der Waals surface area contributed by atoms with E-state index >= 15 is 0 Å².